The number of fused-ring (bicyclic) bond motifs is 1. The molecule has 0 radical (unpaired) electrons. The van der Waals surface area contributed by atoms with Crippen LogP contribution in [0.3, 0.4) is 0 Å². The molecule has 0 fully saturated rings. The maximum absolute atomic E-state index is 12.1. The van der Waals surface area contributed by atoms with E-state index >= 15 is 0 Å². The van der Waals surface area contributed by atoms with Gasteiger partial charge in [-0.25, -0.2) is 4.98 Å². The summed E-state index contributed by atoms with van der Waals surface area (Å²) in [5, 5.41) is 9.75. The predicted molar refractivity (Wildman–Crippen MR) is 83.9 cm³/mol. The maximum Gasteiger partial charge on any atom is 0.258 e. The fourth-order valence-corrected chi connectivity index (χ4v) is 2.96. The van der Waals surface area contributed by atoms with Gasteiger partial charge < -0.3 is 5.11 Å². The Balaban J connectivity index is 1.93. The van der Waals surface area contributed by atoms with E-state index in [0.717, 1.165) is 10.5 Å². The number of thioether (sulfide) groups is 1. The number of rotatable bonds is 3. The summed E-state index contributed by atoms with van der Waals surface area (Å²) in [6.45, 7) is 1.93. The fraction of sp³-hybridized carbons (Fsp3) is 0.125. The van der Waals surface area contributed by atoms with Crippen molar-refractivity contribution in [1.29, 1.82) is 0 Å². The van der Waals surface area contributed by atoms with Crippen LogP contribution in [0, 0.1) is 6.92 Å². The molecule has 3 rings (SSSR count). The van der Waals surface area contributed by atoms with Crippen molar-refractivity contribution in [2.24, 2.45) is 0 Å². The third-order valence-corrected chi connectivity index (χ3v) is 4.28. The van der Waals surface area contributed by atoms with Crippen LogP contribution in [0.4, 0.5) is 0 Å². The van der Waals surface area contributed by atoms with Gasteiger partial charge >= 0.3 is 0 Å². The number of phenolic OH excluding ortho intramolecular Hbond substituents is 1. The van der Waals surface area contributed by atoms with E-state index in [2.05, 4.69) is 4.98 Å². The lowest BCUT2D eigenvalue weighted by Crippen LogP contribution is -2.15. The third kappa shape index (κ3) is 2.78. The Morgan fingerprint density at radius 1 is 1.24 bits per heavy atom. The van der Waals surface area contributed by atoms with Gasteiger partial charge in [-0.05, 0) is 30.7 Å². The van der Waals surface area contributed by atoms with Crippen molar-refractivity contribution < 1.29 is 5.11 Å². The highest BCUT2D eigenvalue weighted by Gasteiger charge is 2.06. The molecular weight excluding hydrogens is 284 g/mol. The largest absolute Gasteiger partial charge is 0.507 e. The summed E-state index contributed by atoms with van der Waals surface area (Å²) in [5.41, 5.74) is 2.26. The average molecular weight is 298 g/mol. The Labute approximate surface area is 126 Å². The van der Waals surface area contributed by atoms with Gasteiger partial charge in [0.05, 0.1) is 5.69 Å². The maximum atomic E-state index is 12.1. The number of benzene rings is 1. The monoisotopic (exact) mass is 298 g/mol. The quantitative estimate of drug-likeness (QED) is 0.755. The molecule has 0 bridgehead atoms. The molecule has 3 aromatic rings. The van der Waals surface area contributed by atoms with Crippen LogP contribution in [0.15, 0.2) is 58.4 Å². The summed E-state index contributed by atoms with van der Waals surface area (Å²) in [5.74, 6) is 0.786. The first-order valence-electron chi connectivity index (χ1n) is 6.54. The first-order valence-corrected chi connectivity index (χ1v) is 7.52. The Hall–Kier alpha value is -2.27. The van der Waals surface area contributed by atoms with Crippen molar-refractivity contribution in [3.63, 3.8) is 0 Å². The molecule has 0 unspecified atom stereocenters. The molecule has 0 aliphatic rings. The van der Waals surface area contributed by atoms with Crippen LogP contribution < -0.4 is 5.56 Å². The second kappa shape index (κ2) is 5.61. The van der Waals surface area contributed by atoms with E-state index < -0.39 is 0 Å². The van der Waals surface area contributed by atoms with Crippen LogP contribution in [0.5, 0.6) is 5.75 Å². The van der Waals surface area contributed by atoms with E-state index in [1.165, 1.54) is 11.8 Å². The smallest absolute Gasteiger partial charge is 0.258 e. The van der Waals surface area contributed by atoms with Crippen molar-refractivity contribution in [3.05, 3.63) is 70.3 Å². The predicted octanol–water partition coefficient (Wildman–Crippen LogP) is 3.00. The standard InChI is InChI=1S/C16H14N2O2S/c1-11-5-4-8-18-15(20)9-12(17-16(11)18)10-21-14-7-3-2-6-13(14)19/h2-9,19H,10H2,1H3. The Kier molecular flexibility index (Phi) is 3.66. The van der Waals surface area contributed by atoms with E-state index in [4.69, 9.17) is 0 Å². The van der Waals surface area contributed by atoms with Crippen molar-refractivity contribution in [3.8, 4) is 5.75 Å². The zero-order valence-corrected chi connectivity index (χ0v) is 12.3. The number of aromatic nitrogens is 2. The second-order valence-corrected chi connectivity index (χ2v) is 5.74. The highest BCUT2D eigenvalue weighted by Crippen LogP contribution is 2.29. The number of para-hydroxylation sites is 1. The lowest BCUT2D eigenvalue weighted by molar-refractivity contribution is 0.462. The Morgan fingerprint density at radius 3 is 2.86 bits per heavy atom. The van der Waals surface area contributed by atoms with Gasteiger partial charge in [-0.15, -0.1) is 11.8 Å². The molecule has 5 heteroatoms. The van der Waals surface area contributed by atoms with Crippen LogP contribution in [-0.4, -0.2) is 14.5 Å². The van der Waals surface area contributed by atoms with Crippen LogP contribution in [0.25, 0.3) is 5.65 Å². The zero-order valence-electron chi connectivity index (χ0n) is 11.5. The minimum atomic E-state index is -0.0865. The molecule has 0 aliphatic carbocycles. The number of pyridine rings is 1. The van der Waals surface area contributed by atoms with Gasteiger partial charge in [0, 0.05) is 22.9 Å². The molecule has 0 spiro atoms. The van der Waals surface area contributed by atoms with E-state index in [0.29, 0.717) is 17.1 Å². The van der Waals surface area contributed by atoms with E-state index in [1.54, 1.807) is 28.8 Å². The third-order valence-electron chi connectivity index (χ3n) is 3.18. The number of nitrogens with zero attached hydrogens (tertiary/aromatic N) is 2. The molecule has 0 atom stereocenters. The van der Waals surface area contributed by atoms with Gasteiger partial charge in [0.2, 0.25) is 0 Å². The number of phenols is 1. The minimum Gasteiger partial charge on any atom is -0.507 e. The summed E-state index contributed by atoms with van der Waals surface area (Å²) in [4.78, 5) is 17.4. The number of hydrogen-bond donors (Lipinski definition) is 1. The van der Waals surface area contributed by atoms with E-state index in [9.17, 15) is 9.90 Å². The zero-order chi connectivity index (χ0) is 14.8. The van der Waals surface area contributed by atoms with Crippen LogP contribution in [0.1, 0.15) is 11.3 Å². The molecule has 2 heterocycles. The lowest BCUT2D eigenvalue weighted by atomic mass is 10.3. The topological polar surface area (TPSA) is 54.6 Å². The summed E-state index contributed by atoms with van der Waals surface area (Å²) in [7, 11) is 0. The molecule has 4 nitrogen and oxygen atoms in total. The lowest BCUT2D eigenvalue weighted by Gasteiger charge is -2.07. The Morgan fingerprint density at radius 2 is 2.05 bits per heavy atom. The number of aryl methyl sites for hydroxylation is 1. The molecule has 2 aromatic heterocycles. The highest BCUT2D eigenvalue weighted by atomic mass is 32.2. The normalized spacial score (nSPS) is 10.9. The molecule has 1 N–H and O–H groups in total. The van der Waals surface area contributed by atoms with E-state index in [-0.39, 0.29) is 11.3 Å². The van der Waals surface area contributed by atoms with Gasteiger partial charge in [-0.2, -0.15) is 0 Å². The average Bonchev–Trinajstić information content (AvgIpc) is 2.48. The SMILES string of the molecule is Cc1cccn2c(=O)cc(CSc3ccccc3O)nc12. The van der Waals surface area contributed by atoms with E-state index in [1.807, 2.05) is 31.2 Å². The van der Waals surface area contributed by atoms with Crippen LogP contribution >= 0.6 is 11.8 Å². The van der Waals surface area contributed by atoms with Gasteiger partial charge in [0.1, 0.15) is 11.4 Å². The van der Waals surface area contributed by atoms with Gasteiger partial charge in [0.15, 0.2) is 0 Å². The number of aromatic hydroxyl groups is 1. The van der Waals surface area contributed by atoms with Crippen molar-refractivity contribution in [1.82, 2.24) is 9.38 Å². The van der Waals surface area contributed by atoms with Crippen molar-refractivity contribution >= 4 is 17.4 Å². The molecular formula is C16H14N2O2S. The summed E-state index contributed by atoms with van der Waals surface area (Å²) in [6.07, 6.45) is 1.72. The Bertz CT molecular complexity index is 858. The molecule has 21 heavy (non-hydrogen) atoms. The summed E-state index contributed by atoms with van der Waals surface area (Å²) < 4.78 is 1.55. The van der Waals surface area contributed by atoms with Gasteiger partial charge in [-0.3, -0.25) is 9.20 Å². The summed E-state index contributed by atoms with van der Waals surface area (Å²) in [6, 6.07) is 12.5. The highest BCUT2D eigenvalue weighted by molar-refractivity contribution is 7.98. The molecule has 106 valence electrons. The van der Waals surface area contributed by atoms with Crippen LogP contribution in [-0.2, 0) is 5.75 Å². The fourth-order valence-electron chi connectivity index (χ4n) is 2.11. The molecule has 0 aliphatic heterocycles. The molecule has 0 saturated carbocycles. The van der Waals surface area contributed by atoms with Crippen LogP contribution in [0.2, 0.25) is 0 Å². The second-order valence-electron chi connectivity index (χ2n) is 4.73. The number of hydrogen-bond acceptors (Lipinski definition) is 4. The van der Waals surface area contributed by atoms with Gasteiger partial charge in [0.25, 0.3) is 5.56 Å². The first kappa shape index (κ1) is 13.7. The van der Waals surface area contributed by atoms with Crippen molar-refractivity contribution in [2.45, 2.75) is 17.6 Å². The minimum absolute atomic E-state index is 0.0865. The first-order chi connectivity index (χ1) is 10.1. The molecule has 0 amide bonds. The van der Waals surface area contributed by atoms with Gasteiger partial charge in [-0.1, -0.05) is 18.2 Å². The van der Waals surface area contributed by atoms with Crippen molar-refractivity contribution in [2.75, 3.05) is 0 Å². The summed E-state index contributed by atoms with van der Waals surface area (Å²) >= 11 is 1.46. The molecule has 1 aromatic carbocycles. The molecule has 0 saturated heterocycles.